The standard InChI is InChI=1S/C20H16F4O/c1-2-3-13-4-6-14(7-5-13)16-9-8-15-10-11-18(25-20(22,23)24)19(21)17(15)12-16/h4-12H,2-3H2,1H3. The quantitative estimate of drug-likeness (QED) is 0.489. The molecule has 130 valence electrons. The van der Waals surface area contributed by atoms with Gasteiger partial charge in [0.25, 0.3) is 0 Å². The first kappa shape index (κ1) is 17.3. The molecular formula is C20H16F4O. The zero-order valence-electron chi connectivity index (χ0n) is 13.5. The second-order valence-electron chi connectivity index (χ2n) is 5.81. The summed E-state index contributed by atoms with van der Waals surface area (Å²) in [6.07, 6.45) is -2.91. The maximum atomic E-state index is 14.4. The van der Waals surface area contributed by atoms with Crippen LogP contribution in [0.3, 0.4) is 0 Å². The van der Waals surface area contributed by atoms with Gasteiger partial charge in [0, 0.05) is 5.39 Å². The van der Waals surface area contributed by atoms with Gasteiger partial charge < -0.3 is 4.74 Å². The van der Waals surface area contributed by atoms with E-state index in [0.29, 0.717) is 5.39 Å². The molecular weight excluding hydrogens is 332 g/mol. The van der Waals surface area contributed by atoms with E-state index in [1.165, 1.54) is 11.6 Å². The largest absolute Gasteiger partial charge is 0.573 e. The third-order valence-electron chi connectivity index (χ3n) is 3.97. The molecule has 0 aliphatic rings. The molecule has 0 bridgehead atoms. The van der Waals surface area contributed by atoms with Gasteiger partial charge in [-0.3, -0.25) is 0 Å². The van der Waals surface area contributed by atoms with Crippen molar-refractivity contribution in [2.24, 2.45) is 0 Å². The number of hydrogen-bond donors (Lipinski definition) is 0. The molecule has 0 radical (unpaired) electrons. The van der Waals surface area contributed by atoms with E-state index in [1.807, 2.05) is 30.3 Å². The van der Waals surface area contributed by atoms with Crippen LogP contribution in [0.1, 0.15) is 18.9 Å². The summed E-state index contributed by atoms with van der Waals surface area (Å²) in [5.74, 6) is -1.84. The van der Waals surface area contributed by atoms with Crippen molar-refractivity contribution in [1.82, 2.24) is 0 Å². The van der Waals surface area contributed by atoms with E-state index in [1.54, 1.807) is 12.1 Å². The first-order valence-corrected chi connectivity index (χ1v) is 7.94. The number of rotatable bonds is 4. The maximum Gasteiger partial charge on any atom is 0.573 e. The van der Waals surface area contributed by atoms with E-state index < -0.39 is 17.9 Å². The van der Waals surface area contributed by atoms with Crippen LogP contribution in [-0.2, 0) is 6.42 Å². The summed E-state index contributed by atoms with van der Waals surface area (Å²) in [6.45, 7) is 2.10. The van der Waals surface area contributed by atoms with E-state index in [0.717, 1.165) is 30.0 Å². The average Bonchev–Trinajstić information content (AvgIpc) is 2.57. The highest BCUT2D eigenvalue weighted by atomic mass is 19.4. The van der Waals surface area contributed by atoms with Gasteiger partial charge in [0.05, 0.1) is 0 Å². The Morgan fingerprint density at radius 1 is 0.880 bits per heavy atom. The minimum absolute atomic E-state index is 0.0943. The normalized spacial score (nSPS) is 11.7. The number of fused-ring (bicyclic) bond motifs is 1. The predicted molar refractivity (Wildman–Crippen MR) is 90.0 cm³/mol. The van der Waals surface area contributed by atoms with Crippen molar-refractivity contribution in [3.8, 4) is 16.9 Å². The molecule has 0 N–H and O–H groups in total. The fraction of sp³-hybridized carbons (Fsp3) is 0.200. The lowest BCUT2D eigenvalue weighted by Gasteiger charge is -2.12. The molecule has 0 aliphatic carbocycles. The number of aryl methyl sites for hydroxylation is 1. The Bertz CT molecular complexity index is 883. The highest BCUT2D eigenvalue weighted by Gasteiger charge is 2.32. The third-order valence-corrected chi connectivity index (χ3v) is 3.97. The highest BCUT2D eigenvalue weighted by Crippen LogP contribution is 2.33. The summed E-state index contributed by atoms with van der Waals surface area (Å²) in [4.78, 5) is 0. The van der Waals surface area contributed by atoms with Crippen LogP contribution in [0.15, 0.2) is 54.6 Å². The van der Waals surface area contributed by atoms with Crippen molar-refractivity contribution in [3.63, 3.8) is 0 Å². The first-order chi connectivity index (χ1) is 11.9. The van der Waals surface area contributed by atoms with Gasteiger partial charge in [0.15, 0.2) is 11.6 Å². The van der Waals surface area contributed by atoms with E-state index in [-0.39, 0.29) is 5.39 Å². The second kappa shape index (κ2) is 6.75. The van der Waals surface area contributed by atoms with Gasteiger partial charge in [-0.15, -0.1) is 13.2 Å². The van der Waals surface area contributed by atoms with Gasteiger partial charge in [0.2, 0.25) is 0 Å². The van der Waals surface area contributed by atoms with Crippen LogP contribution < -0.4 is 4.74 Å². The molecule has 1 nitrogen and oxygen atoms in total. The number of halogens is 4. The molecule has 0 amide bonds. The van der Waals surface area contributed by atoms with Crippen molar-refractivity contribution in [1.29, 1.82) is 0 Å². The Labute approximate surface area is 142 Å². The smallest absolute Gasteiger partial charge is 0.403 e. The van der Waals surface area contributed by atoms with Crippen LogP contribution in [0.25, 0.3) is 21.9 Å². The summed E-state index contributed by atoms with van der Waals surface area (Å²) < 4.78 is 55.3. The molecule has 5 heteroatoms. The lowest BCUT2D eigenvalue weighted by Crippen LogP contribution is -2.18. The number of alkyl halides is 3. The molecule has 0 aliphatic heterocycles. The summed E-state index contributed by atoms with van der Waals surface area (Å²) >= 11 is 0. The SMILES string of the molecule is CCCc1ccc(-c2ccc3ccc(OC(F)(F)F)c(F)c3c2)cc1. The molecule has 0 unspecified atom stereocenters. The zero-order chi connectivity index (χ0) is 18.0. The number of benzene rings is 3. The van der Waals surface area contributed by atoms with Crippen LogP contribution in [0, 0.1) is 5.82 Å². The molecule has 0 atom stereocenters. The van der Waals surface area contributed by atoms with Gasteiger partial charge in [-0.05, 0) is 40.6 Å². The summed E-state index contributed by atoms with van der Waals surface area (Å²) in [7, 11) is 0. The van der Waals surface area contributed by atoms with Gasteiger partial charge in [-0.2, -0.15) is 0 Å². The summed E-state index contributed by atoms with van der Waals surface area (Å²) in [5.41, 5.74) is 2.82. The van der Waals surface area contributed by atoms with Gasteiger partial charge in [-0.1, -0.05) is 55.8 Å². The molecule has 0 spiro atoms. The Hall–Kier alpha value is -2.56. The molecule has 3 aromatic carbocycles. The van der Waals surface area contributed by atoms with E-state index in [9.17, 15) is 17.6 Å². The van der Waals surface area contributed by atoms with Crippen LogP contribution in [-0.4, -0.2) is 6.36 Å². The molecule has 0 aromatic heterocycles. The van der Waals surface area contributed by atoms with Gasteiger partial charge in [-0.25, -0.2) is 4.39 Å². The monoisotopic (exact) mass is 348 g/mol. The van der Waals surface area contributed by atoms with Crippen LogP contribution >= 0.6 is 0 Å². The maximum absolute atomic E-state index is 14.4. The van der Waals surface area contributed by atoms with Crippen LogP contribution in [0.2, 0.25) is 0 Å². The van der Waals surface area contributed by atoms with Gasteiger partial charge in [0.1, 0.15) is 0 Å². The number of hydrogen-bond acceptors (Lipinski definition) is 1. The highest BCUT2D eigenvalue weighted by molar-refractivity contribution is 5.89. The van der Waals surface area contributed by atoms with Crippen molar-refractivity contribution in [3.05, 3.63) is 66.0 Å². The minimum Gasteiger partial charge on any atom is -0.403 e. The van der Waals surface area contributed by atoms with Crippen molar-refractivity contribution >= 4 is 10.8 Å². The zero-order valence-corrected chi connectivity index (χ0v) is 13.5. The summed E-state index contributed by atoms with van der Waals surface area (Å²) in [6, 6.07) is 15.3. The Morgan fingerprint density at radius 2 is 1.52 bits per heavy atom. The fourth-order valence-corrected chi connectivity index (χ4v) is 2.80. The second-order valence-corrected chi connectivity index (χ2v) is 5.81. The Kier molecular flexibility index (Phi) is 4.66. The molecule has 0 saturated heterocycles. The van der Waals surface area contributed by atoms with Crippen molar-refractivity contribution < 1.29 is 22.3 Å². The number of ether oxygens (including phenoxy) is 1. The third kappa shape index (κ3) is 3.92. The van der Waals surface area contributed by atoms with E-state index in [2.05, 4.69) is 11.7 Å². The fourth-order valence-electron chi connectivity index (χ4n) is 2.80. The molecule has 0 heterocycles. The Morgan fingerprint density at radius 3 is 2.16 bits per heavy atom. The van der Waals surface area contributed by atoms with E-state index >= 15 is 0 Å². The topological polar surface area (TPSA) is 9.23 Å². The molecule has 3 rings (SSSR count). The Balaban J connectivity index is 2.01. The van der Waals surface area contributed by atoms with Crippen molar-refractivity contribution in [2.45, 2.75) is 26.1 Å². The van der Waals surface area contributed by atoms with Gasteiger partial charge >= 0.3 is 6.36 Å². The lowest BCUT2D eigenvalue weighted by molar-refractivity contribution is -0.275. The van der Waals surface area contributed by atoms with Crippen LogP contribution in [0.5, 0.6) is 5.75 Å². The van der Waals surface area contributed by atoms with E-state index in [4.69, 9.17) is 0 Å². The summed E-state index contributed by atoms with van der Waals surface area (Å²) in [5, 5.41) is 0.607. The van der Waals surface area contributed by atoms with Crippen molar-refractivity contribution in [2.75, 3.05) is 0 Å². The molecule has 3 aromatic rings. The molecule has 0 fully saturated rings. The lowest BCUT2D eigenvalue weighted by atomic mass is 9.99. The minimum atomic E-state index is -4.93. The molecule has 0 saturated carbocycles. The first-order valence-electron chi connectivity index (χ1n) is 7.94. The van der Waals surface area contributed by atoms with Crippen LogP contribution in [0.4, 0.5) is 17.6 Å². The average molecular weight is 348 g/mol. The molecule has 25 heavy (non-hydrogen) atoms. The predicted octanol–water partition coefficient (Wildman–Crippen LogP) is 6.50.